The smallest absolute Gasteiger partial charge is 0.127 e. The Kier molecular flexibility index (Phi) is 3.07. The summed E-state index contributed by atoms with van der Waals surface area (Å²) in [4.78, 5) is 0. The van der Waals surface area contributed by atoms with Gasteiger partial charge in [-0.3, -0.25) is 0 Å². The molecule has 0 saturated heterocycles. The summed E-state index contributed by atoms with van der Waals surface area (Å²) < 4.78 is 14.7. The van der Waals surface area contributed by atoms with E-state index in [2.05, 4.69) is 12.1 Å². The first kappa shape index (κ1) is 13.6. The lowest BCUT2D eigenvalue weighted by Crippen LogP contribution is -2.27. The van der Waals surface area contributed by atoms with Crippen molar-refractivity contribution in [3.63, 3.8) is 0 Å². The monoisotopic (exact) mass is 294 g/mol. The molecule has 4 rings (SSSR count). The van der Waals surface area contributed by atoms with Crippen molar-refractivity contribution in [2.24, 2.45) is 0 Å². The van der Waals surface area contributed by atoms with Gasteiger partial charge in [-0.25, -0.2) is 4.39 Å². The lowest BCUT2D eigenvalue weighted by molar-refractivity contribution is 0.472. The van der Waals surface area contributed by atoms with Gasteiger partial charge in [-0.15, -0.1) is 0 Å². The summed E-state index contributed by atoms with van der Waals surface area (Å²) in [5.74, 6) is 0.155. The van der Waals surface area contributed by atoms with Crippen LogP contribution in [0.2, 0.25) is 0 Å². The minimum atomic E-state index is -0.342. The molecule has 1 N–H and O–H groups in total. The normalized spacial score (nSPS) is 23.4. The molecule has 2 heteroatoms. The van der Waals surface area contributed by atoms with E-state index in [1.54, 1.807) is 18.2 Å². The van der Waals surface area contributed by atoms with Crippen LogP contribution in [0.5, 0.6) is 5.75 Å². The summed E-state index contributed by atoms with van der Waals surface area (Å²) in [6, 6.07) is 12.8. The molecule has 0 radical (unpaired) electrons. The van der Waals surface area contributed by atoms with Gasteiger partial charge in [0.05, 0.1) is 0 Å². The average molecular weight is 294 g/mol. The molecule has 1 unspecified atom stereocenters. The second-order valence-corrected chi connectivity index (χ2v) is 6.38. The number of halogens is 1. The number of fused-ring (bicyclic) bond motifs is 3. The van der Waals surface area contributed by atoms with Gasteiger partial charge < -0.3 is 5.11 Å². The zero-order valence-corrected chi connectivity index (χ0v) is 12.5. The van der Waals surface area contributed by atoms with Gasteiger partial charge in [0.1, 0.15) is 11.6 Å². The largest absolute Gasteiger partial charge is 0.508 e. The van der Waals surface area contributed by atoms with Crippen LogP contribution in [0.3, 0.4) is 0 Å². The fourth-order valence-electron chi connectivity index (χ4n) is 4.27. The molecule has 1 nitrogen and oxygen atoms in total. The van der Waals surface area contributed by atoms with E-state index < -0.39 is 0 Å². The number of allylic oxidation sites excluding steroid dienone is 2. The lowest BCUT2D eigenvalue weighted by Gasteiger charge is -2.33. The van der Waals surface area contributed by atoms with Gasteiger partial charge in [-0.2, -0.15) is 0 Å². The molecule has 0 spiro atoms. The molecule has 2 aliphatic rings. The van der Waals surface area contributed by atoms with Gasteiger partial charge in [0.25, 0.3) is 0 Å². The summed E-state index contributed by atoms with van der Waals surface area (Å²) in [6.07, 6.45) is 7.43. The second-order valence-electron chi connectivity index (χ2n) is 6.38. The number of phenolic OH excluding ortho intramolecular Hbond substituents is 1. The summed E-state index contributed by atoms with van der Waals surface area (Å²) in [6.45, 7) is 0. The molecule has 0 saturated carbocycles. The molecule has 2 aromatic rings. The van der Waals surface area contributed by atoms with E-state index in [-0.39, 0.29) is 17.0 Å². The van der Waals surface area contributed by atoms with E-state index >= 15 is 0 Å². The van der Waals surface area contributed by atoms with E-state index in [1.165, 1.54) is 5.57 Å². The highest BCUT2D eigenvalue weighted by Crippen LogP contribution is 2.53. The quantitative estimate of drug-likeness (QED) is 0.744. The van der Waals surface area contributed by atoms with Crippen LogP contribution in [-0.4, -0.2) is 5.11 Å². The lowest BCUT2D eigenvalue weighted by atomic mass is 9.70. The molecule has 1 atom stereocenters. The second kappa shape index (κ2) is 4.98. The van der Waals surface area contributed by atoms with Crippen molar-refractivity contribution in [1.29, 1.82) is 0 Å². The van der Waals surface area contributed by atoms with E-state index in [0.717, 1.165) is 48.8 Å². The molecule has 0 amide bonds. The van der Waals surface area contributed by atoms with Crippen molar-refractivity contribution >= 4 is 0 Å². The summed E-state index contributed by atoms with van der Waals surface area (Å²) in [7, 11) is 0. The Morgan fingerprint density at radius 1 is 1.00 bits per heavy atom. The minimum absolute atomic E-state index is 0.101. The third-order valence-corrected chi connectivity index (χ3v) is 5.21. The number of hydrogen-bond acceptors (Lipinski definition) is 1. The van der Waals surface area contributed by atoms with Crippen molar-refractivity contribution in [3.8, 4) is 5.75 Å². The zero-order valence-electron chi connectivity index (χ0n) is 12.5. The first-order valence-corrected chi connectivity index (χ1v) is 7.99. The number of aromatic hydroxyl groups is 1. The average Bonchev–Trinajstić information content (AvgIpc) is 2.70. The molecule has 0 aliphatic heterocycles. The van der Waals surface area contributed by atoms with Crippen LogP contribution in [0.15, 0.2) is 54.1 Å². The maximum atomic E-state index is 14.7. The van der Waals surface area contributed by atoms with E-state index in [4.69, 9.17) is 0 Å². The molecule has 0 fully saturated rings. The molecule has 0 heterocycles. The molecule has 0 aromatic heterocycles. The van der Waals surface area contributed by atoms with Crippen LogP contribution in [0.4, 0.5) is 4.39 Å². The van der Waals surface area contributed by atoms with E-state index in [9.17, 15) is 9.50 Å². The Morgan fingerprint density at radius 3 is 2.64 bits per heavy atom. The zero-order chi connectivity index (χ0) is 15.2. The van der Waals surface area contributed by atoms with Crippen LogP contribution in [0.25, 0.3) is 0 Å². The molecule has 112 valence electrons. The summed E-state index contributed by atoms with van der Waals surface area (Å²) >= 11 is 0. The minimum Gasteiger partial charge on any atom is -0.508 e. The Bertz CT molecular complexity index is 745. The van der Waals surface area contributed by atoms with Crippen LogP contribution in [-0.2, 0) is 11.8 Å². The van der Waals surface area contributed by atoms with Gasteiger partial charge in [0.2, 0.25) is 0 Å². The standard InChI is InChI=1S/C20H19FO/c21-18-7-4-5-14-13-16-6-2-1-3-12-20(16,19(14)18)15-8-10-17(22)11-9-15/h4-11,22H,1-3,12-13H2. The highest BCUT2D eigenvalue weighted by atomic mass is 19.1. The Balaban J connectivity index is 2.01. The molecule has 2 aromatic carbocycles. The SMILES string of the molecule is Oc1ccc(C23CCCCC=C2Cc2cccc(F)c23)cc1. The Hall–Kier alpha value is -2.09. The van der Waals surface area contributed by atoms with Gasteiger partial charge in [-0.1, -0.05) is 42.3 Å². The Morgan fingerprint density at radius 2 is 1.82 bits per heavy atom. The first-order chi connectivity index (χ1) is 10.7. The van der Waals surface area contributed by atoms with E-state index in [0.29, 0.717) is 0 Å². The fourth-order valence-corrected chi connectivity index (χ4v) is 4.27. The van der Waals surface area contributed by atoms with Crippen LogP contribution >= 0.6 is 0 Å². The summed E-state index contributed by atoms with van der Waals surface area (Å²) in [5, 5.41) is 9.61. The molecule has 22 heavy (non-hydrogen) atoms. The van der Waals surface area contributed by atoms with Gasteiger partial charge in [0, 0.05) is 11.0 Å². The van der Waals surface area contributed by atoms with Crippen molar-refractivity contribution in [1.82, 2.24) is 0 Å². The molecule has 2 aliphatic carbocycles. The molecule has 0 bridgehead atoms. The van der Waals surface area contributed by atoms with Crippen LogP contribution < -0.4 is 0 Å². The highest BCUT2D eigenvalue weighted by Gasteiger charge is 2.46. The first-order valence-electron chi connectivity index (χ1n) is 7.99. The highest BCUT2D eigenvalue weighted by molar-refractivity contribution is 5.59. The van der Waals surface area contributed by atoms with Crippen molar-refractivity contribution in [2.75, 3.05) is 0 Å². The summed E-state index contributed by atoms with van der Waals surface area (Å²) in [5.41, 5.74) is 4.05. The van der Waals surface area contributed by atoms with Gasteiger partial charge in [0.15, 0.2) is 0 Å². The van der Waals surface area contributed by atoms with Crippen molar-refractivity contribution in [3.05, 3.63) is 76.6 Å². The number of benzene rings is 2. The van der Waals surface area contributed by atoms with Gasteiger partial charge >= 0.3 is 0 Å². The fraction of sp³-hybridized carbons (Fsp3) is 0.300. The maximum Gasteiger partial charge on any atom is 0.127 e. The predicted octanol–water partition coefficient (Wildman–Crippen LogP) is 4.87. The number of rotatable bonds is 1. The van der Waals surface area contributed by atoms with Crippen LogP contribution in [0, 0.1) is 5.82 Å². The van der Waals surface area contributed by atoms with Crippen LogP contribution in [0.1, 0.15) is 42.4 Å². The van der Waals surface area contributed by atoms with Gasteiger partial charge in [-0.05, 0) is 55.0 Å². The predicted molar refractivity (Wildman–Crippen MR) is 85.5 cm³/mol. The maximum absolute atomic E-state index is 14.7. The molecular weight excluding hydrogens is 275 g/mol. The third-order valence-electron chi connectivity index (χ3n) is 5.21. The number of phenols is 1. The van der Waals surface area contributed by atoms with Crippen molar-refractivity contribution in [2.45, 2.75) is 37.5 Å². The third kappa shape index (κ3) is 1.83. The topological polar surface area (TPSA) is 20.2 Å². The number of hydrogen-bond donors (Lipinski definition) is 1. The van der Waals surface area contributed by atoms with E-state index in [1.807, 2.05) is 18.2 Å². The Labute approximate surface area is 130 Å². The molecular formula is C20H19FO. The van der Waals surface area contributed by atoms with Crippen molar-refractivity contribution < 1.29 is 9.50 Å².